The van der Waals surface area contributed by atoms with Crippen LogP contribution in [0.4, 0.5) is 0 Å². The Bertz CT molecular complexity index is 2530. The standard InChI is InChI=1S/C44H30N4.H3P/c1-5-13-30(14-6-1)41-39-26-25-36(47-39)28-35-22-21-33(45-35)27-34-23-24-37(46-34)29-40-42(31-15-7-2-8-16-31)43(32-17-9-3-10-18-32)44(41)48(40)38-19-11-4-12-20-38;/h1-29,45H;1H3. The molecule has 49 heavy (non-hydrogen) atoms. The summed E-state index contributed by atoms with van der Waals surface area (Å²) >= 11 is 0. The van der Waals surface area contributed by atoms with E-state index in [0.29, 0.717) is 0 Å². The fourth-order valence-corrected chi connectivity index (χ4v) is 6.81. The van der Waals surface area contributed by atoms with Crippen LogP contribution >= 0.6 is 9.90 Å². The van der Waals surface area contributed by atoms with Gasteiger partial charge in [-0.15, -0.1) is 0 Å². The maximum absolute atomic E-state index is 5.29. The van der Waals surface area contributed by atoms with Crippen LogP contribution in [0.15, 0.2) is 152 Å². The van der Waals surface area contributed by atoms with E-state index < -0.39 is 0 Å². The smallest absolute Gasteiger partial charge is 0.0737 e. The quantitative estimate of drug-likeness (QED) is 0.193. The third kappa shape index (κ3) is 5.63. The van der Waals surface area contributed by atoms with Gasteiger partial charge in [0.15, 0.2) is 0 Å². The average molecular weight is 649 g/mol. The van der Waals surface area contributed by atoms with E-state index in [1.54, 1.807) is 0 Å². The number of H-pyrrole nitrogens is 1. The molecule has 0 aliphatic carbocycles. The molecule has 4 nitrogen and oxygen atoms in total. The van der Waals surface area contributed by atoms with Gasteiger partial charge in [0.05, 0.1) is 33.8 Å². The van der Waals surface area contributed by atoms with Crippen molar-refractivity contribution in [1.82, 2.24) is 19.5 Å². The Kier molecular flexibility index (Phi) is 7.93. The number of para-hydroxylation sites is 1. The van der Waals surface area contributed by atoms with Crippen molar-refractivity contribution in [3.05, 3.63) is 174 Å². The number of benzene rings is 4. The van der Waals surface area contributed by atoms with Gasteiger partial charge in [0.1, 0.15) is 0 Å². The van der Waals surface area contributed by atoms with E-state index in [4.69, 9.17) is 9.97 Å². The highest BCUT2D eigenvalue weighted by atomic mass is 31.0. The van der Waals surface area contributed by atoms with Crippen molar-refractivity contribution < 1.29 is 0 Å². The van der Waals surface area contributed by atoms with Gasteiger partial charge >= 0.3 is 0 Å². The molecule has 0 saturated carbocycles. The lowest BCUT2D eigenvalue weighted by atomic mass is 9.93. The number of hydrogen-bond donors (Lipinski definition) is 1. The Morgan fingerprint density at radius 3 is 1.49 bits per heavy atom. The molecule has 0 amide bonds. The van der Waals surface area contributed by atoms with E-state index in [1.165, 1.54) is 0 Å². The molecular weight excluding hydrogens is 615 g/mol. The molecule has 1 unspecified atom stereocenters. The van der Waals surface area contributed by atoms with Crippen molar-refractivity contribution in [2.24, 2.45) is 0 Å². The largest absolute Gasteiger partial charge is 0.355 e. The van der Waals surface area contributed by atoms with E-state index in [2.05, 4.69) is 186 Å². The number of fused-ring (bicyclic) bond motifs is 8. The van der Waals surface area contributed by atoms with Gasteiger partial charge in [-0.05, 0) is 83.5 Å². The Morgan fingerprint density at radius 1 is 0.429 bits per heavy atom. The average Bonchev–Trinajstić information content (AvgIpc) is 3.95. The Labute approximate surface area is 288 Å². The van der Waals surface area contributed by atoms with Crippen LogP contribution in [0.2, 0.25) is 0 Å². The summed E-state index contributed by atoms with van der Waals surface area (Å²) in [5.74, 6) is 0. The zero-order valence-corrected chi connectivity index (χ0v) is 28.2. The molecule has 2 aliphatic heterocycles. The maximum Gasteiger partial charge on any atom is 0.0737 e. The molecule has 4 aromatic carbocycles. The summed E-state index contributed by atoms with van der Waals surface area (Å²) in [4.78, 5) is 13.9. The third-order valence-electron chi connectivity index (χ3n) is 8.87. The lowest BCUT2D eigenvalue weighted by Crippen LogP contribution is -1.97. The van der Waals surface area contributed by atoms with Crippen molar-refractivity contribution in [3.63, 3.8) is 0 Å². The first-order valence-electron chi connectivity index (χ1n) is 16.2. The second-order valence-electron chi connectivity index (χ2n) is 12.0. The maximum atomic E-state index is 5.29. The van der Waals surface area contributed by atoms with Crippen molar-refractivity contribution in [2.45, 2.75) is 0 Å². The van der Waals surface area contributed by atoms with Crippen LogP contribution in [-0.4, -0.2) is 19.5 Å². The van der Waals surface area contributed by atoms with E-state index >= 15 is 0 Å². The first kappa shape index (κ1) is 30.3. The van der Waals surface area contributed by atoms with Crippen LogP contribution in [0, 0.1) is 0 Å². The van der Waals surface area contributed by atoms with Crippen LogP contribution in [0.1, 0.15) is 22.8 Å². The highest BCUT2D eigenvalue weighted by Crippen LogP contribution is 2.47. The molecule has 7 aromatic rings. The predicted octanol–water partition coefficient (Wildman–Crippen LogP) is 11.2. The molecule has 8 bridgehead atoms. The molecule has 0 spiro atoms. The van der Waals surface area contributed by atoms with Gasteiger partial charge in [-0.1, -0.05) is 109 Å². The second kappa shape index (κ2) is 12.8. The van der Waals surface area contributed by atoms with E-state index in [9.17, 15) is 0 Å². The molecule has 5 heterocycles. The zero-order valence-electron chi connectivity index (χ0n) is 26.8. The second-order valence-corrected chi connectivity index (χ2v) is 12.0. The van der Waals surface area contributed by atoms with Gasteiger partial charge in [-0.25, -0.2) is 9.97 Å². The minimum Gasteiger partial charge on any atom is -0.355 e. The molecule has 1 atom stereocenters. The molecule has 3 aromatic heterocycles. The summed E-state index contributed by atoms with van der Waals surface area (Å²) in [5.41, 5.74) is 15.4. The molecule has 234 valence electrons. The highest BCUT2D eigenvalue weighted by Gasteiger charge is 2.25. The van der Waals surface area contributed by atoms with Crippen LogP contribution in [0.5, 0.6) is 0 Å². The molecule has 0 fully saturated rings. The molecule has 0 saturated heterocycles. The number of hydrogen-bond acceptors (Lipinski definition) is 2. The number of nitrogens with zero attached hydrogens (tertiary/aromatic N) is 3. The monoisotopic (exact) mass is 648 g/mol. The summed E-state index contributed by atoms with van der Waals surface area (Å²) in [7, 11) is 0. The Morgan fingerprint density at radius 2 is 0.898 bits per heavy atom. The summed E-state index contributed by atoms with van der Waals surface area (Å²) in [5, 5.41) is 0. The van der Waals surface area contributed by atoms with Crippen molar-refractivity contribution >= 4 is 56.3 Å². The fourth-order valence-electron chi connectivity index (χ4n) is 6.81. The summed E-state index contributed by atoms with van der Waals surface area (Å²) < 4.78 is 2.41. The Balaban J connectivity index is 0.00000348. The van der Waals surface area contributed by atoms with Gasteiger partial charge < -0.3 is 9.55 Å². The minimum atomic E-state index is 0. The van der Waals surface area contributed by atoms with Crippen LogP contribution < -0.4 is 0 Å². The van der Waals surface area contributed by atoms with E-state index in [1.807, 2.05) is 0 Å². The molecule has 0 radical (unpaired) electrons. The third-order valence-corrected chi connectivity index (χ3v) is 8.87. The summed E-state index contributed by atoms with van der Waals surface area (Å²) in [6, 6.07) is 53.3. The lowest BCUT2D eigenvalue weighted by molar-refractivity contribution is 1.17. The molecule has 1 N–H and O–H groups in total. The van der Waals surface area contributed by atoms with Crippen molar-refractivity contribution in [3.8, 4) is 39.1 Å². The van der Waals surface area contributed by atoms with Crippen LogP contribution in [-0.2, 0) is 0 Å². The molecule has 5 heteroatoms. The van der Waals surface area contributed by atoms with Gasteiger partial charge in [0, 0.05) is 33.4 Å². The minimum absolute atomic E-state index is 0. The highest BCUT2D eigenvalue weighted by molar-refractivity contribution is 6.92. The van der Waals surface area contributed by atoms with Crippen LogP contribution in [0.3, 0.4) is 0 Å². The first-order chi connectivity index (χ1) is 23.8. The SMILES string of the molecule is C1=Cc2cc3c(-c4ccccc4)c(-c4ccccc4)c(c(-c4ccccc4)c4nc(cc5ccc(cc1n2)[nH]5)C=C4)n3-c1ccccc1.P. The first-order valence-corrected chi connectivity index (χ1v) is 16.2. The number of aromatic nitrogens is 4. The van der Waals surface area contributed by atoms with E-state index in [-0.39, 0.29) is 9.90 Å². The van der Waals surface area contributed by atoms with E-state index in [0.717, 1.165) is 83.9 Å². The molecular formula is C44H33N4P. The lowest BCUT2D eigenvalue weighted by Gasteiger charge is -2.13. The molecule has 9 rings (SSSR count). The van der Waals surface area contributed by atoms with Gasteiger partial charge in [0.2, 0.25) is 0 Å². The van der Waals surface area contributed by atoms with Crippen molar-refractivity contribution in [2.75, 3.05) is 0 Å². The zero-order chi connectivity index (χ0) is 31.9. The fraction of sp³-hybridized carbons (Fsp3) is 0. The predicted molar refractivity (Wildman–Crippen MR) is 211 cm³/mol. The van der Waals surface area contributed by atoms with Crippen LogP contribution in [0.25, 0.3) is 85.4 Å². The number of aromatic amines is 1. The normalized spacial score (nSPS) is 11.8. The van der Waals surface area contributed by atoms with Gasteiger partial charge in [-0.2, -0.15) is 9.90 Å². The van der Waals surface area contributed by atoms with Gasteiger partial charge in [0.25, 0.3) is 0 Å². The molecule has 2 aliphatic rings. The topological polar surface area (TPSA) is 46.5 Å². The number of nitrogens with one attached hydrogen (secondary N) is 1. The van der Waals surface area contributed by atoms with Gasteiger partial charge in [-0.3, -0.25) is 0 Å². The number of rotatable bonds is 4. The summed E-state index contributed by atoms with van der Waals surface area (Å²) in [6.07, 6.45) is 8.44. The Hall–Kier alpha value is -6.09. The van der Waals surface area contributed by atoms with Crippen molar-refractivity contribution in [1.29, 1.82) is 0 Å². The summed E-state index contributed by atoms with van der Waals surface area (Å²) in [6.45, 7) is 0.